The molecule has 1 aromatic carbocycles. The number of hydrogen-bond donors (Lipinski definition) is 1. The summed E-state index contributed by atoms with van der Waals surface area (Å²) < 4.78 is 5.50. The van der Waals surface area contributed by atoms with E-state index in [1.54, 1.807) is 0 Å². The Balaban J connectivity index is 1.54. The fourth-order valence-electron chi connectivity index (χ4n) is 4.58. The lowest BCUT2D eigenvalue weighted by molar-refractivity contribution is 0.0479. The first-order chi connectivity index (χ1) is 12.9. The maximum absolute atomic E-state index is 12.3. The number of amides is 1. The van der Waals surface area contributed by atoms with Gasteiger partial charge in [-0.3, -0.25) is 4.98 Å². The van der Waals surface area contributed by atoms with Crippen LogP contribution in [0.2, 0.25) is 0 Å². The summed E-state index contributed by atoms with van der Waals surface area (Å²) >= 11 is 0. The number of ether oxygens (including phenoxy) is 1. The Morgan fingerprint density at radius 2 is 1.81 bits per heavy atom. The summed E-state index contributed by atoms with van der Waals surface area (Å²) in [6.45, 7) is 5.72. The first-order valence-electron chi connectivity index (χ1n) is 9.92. The third-order valence-electron chi connectivity index (χ3n) is 5.74. The molecule has 2 aliphatic rings. The van der Waals surface area contributed by atoms with Crippen LogP contribution in [0.1, 0.15) is 44.7 Å². The smallest absolute Gasteiger partial charge is 0.407 e. The molecule has 1 N–H and O–H groups in total. The van der Waals surface area contributed by atoms with E-state index in [0.717, 1.165) is 18.5 Å². The van der Waals surface area contributed by atoms with E-state index in [9.17, 15) is 4.79 Å². The molecule has 4 rings (SSSR count). The maximum Gasteiger partial charge on any atom is 0.407 e. The number of hydrogen-bond acceptors (Lipinski definition) is 3. The van der Waals surface area contributed by atoms with Crippen LogP contribution in [0.4, 0.5) is 4.79 Å². The molecule has 0 saturated heterocycles. The lowest BCUT2D eigenvalue weighted by Crippen LogP contribution is -2.44. The van der Waals surface area contributed by atoms with Crippen molar-refractivity contribution >= 4 is 6.09 Å². The van der Waals surface area contributed by atoms with Gasteiger partial charge in [-0.15, -0.1) is 0 Å². The molecule has 2 aromatic rings. The number of carbonyl (C=O) groups is 1. The Kier molecular flexibility index (Phi) is 4.67. The summed E-state index contributed by atoms with van der Waals surface area (Å²) in [4.78, 5) is 16.8. The average Bonchev–Trinajstić information content (AvgIpc) is 2.88. The molecule has 27 heavy (non-hydrogen) atoms. The Labute approximate surface area is 161 Å². The molecule has 0 aliphatic heterocycles. The van der Waals surface area contributed by atoms with Gasteiger partial charge in [-0.1, -0.05) is 18.2 Å². The lowest BCUT2D eigenvalue weighted by Gasteiger charge is -2.26. The minimum Gasteiger partial charge on any atom is -0.444 e. The number of nitrogens with zero attached hydrogens (tertiary/aromatic N) is 1. The van der Waals surface area contributed by atoms with E-state index >= 15 is 0 Å². The standard InChI is InChI=1S/C23H28N2O2/c1-23(2,3)27-22(26)25-21-17-9-10-18(21)14-19-13-16(8-7-15(19)12-17)20-6-4-5-11-24-20/h4-8,11,13,17-18,21H,9-10,12,14H2,1-3H3,(H,25,26)/t17?,18-,21+/m1/s1. The van der Waals surface area contributed by atoms with Crippen molar-refractivity contribution in [3.63, 3.8) is 0 Å². The molecule has 1 aromatic heterocycles. The molecule has 4 heteroatoms. The highest BCUT2D eigenvalue weighted by Gasteiger charge is 2.40. The first kappa shape index (κ1) is 18.0. The van der Waals surface area contributed by atoms with Crippen molar-refractivity contribution < 1.29 is 9.53 Å². The molecule has 1 heterocycles. The Hall–Kier alpha value is -2.36. The molecule has 1 fully saturated rings. The van der Waals surface area contributed by atoms with E-state index < -0.39 is 5.60 Å². The molecular formula is C23H28N2O2. The van der Waals surface area contributed by atoms with Gasteiger partial charge < -0.3 is 10.1 Å². The van der Waals surface area contributed by atoms with Crippen LogP contribution in [0.25, 0.3) is 11.3 Å². The van der Waals surface area contributed by atoms with Gasteiger partial charge in [0.15, 0.2) is 0 Å². The number of alkyl carbamates (subject to hydrolysis) is 1. The minimum atomic E-state index is -0.464. The van der Waals surface area contributed by atoms with E-state index in [4.69, 9.17) is 4.74 Å². The number of rotatable bonds is 2. The summed E-state index contributed by atoms with van der Waals surface area (Å²) in [5.74, 6) is 0.965. The van der Waals surface area contributed by atoms with Gasteiger partial charge in [0.05, 0.1) is 5.69 Å². The van der Waals surface area contributed by atoms with Gasteiger partial charge in [-0.05, 0) is 87.6 Å². The minimum absolute atomic E-state index is 0.200. The quantitative estimate of drug-likeness (QED) is 0.835. The fraction of sp³-hybridized carbons (Fsp3) is 0.478. The van der Waals surface area contributed by atoms with Crippen molar-refractivity contribution in [1.82, 2.24) is 10.3 Å². The lowest BCUT2D eigenvalue weighted by atomic mass is 9.91. The molecule has 4 nitrogen and oxygen atoms in total. The summed E-state index contributed by atoms with van der Waals surface area (Å²) in [5, 5.41) is 3.19. The third-order valence-corrected chi connectivity index (χ3v) is 5.74. The Morgan fingerprint density at radius 1 is 1.07 bits per heavy atom. The van der Waals surface area contributed by atoms with Gasteiger partial charge in [0, 0.05) is 17.8 Å². The number of fused-ring (bicyclic) bond motifs is 3. The van der Waals surface area contributed by atoms with Crippen molar-refractivity contribution in [1.29, 1.82) is 0 Å². The van der Waals surface area contributed by atoms with Gasteiger partial charge in [0.25, 0.3) is 0 Å². The van der Waals surface area contributed by atoms with Crippen molar-refractivity contribution in [2.45, 2.75) is 58.1 Å². The van der Waals surface area contributed by atoms with Crippen LogP contribution in [0.15, 0.2) is 42.6 Å². The second kappa shape index (κ2) is 6.99. The average molecular weight is 364 g/mol. The summed E-state index contributed by atoms with van der Waals surface area (Å²) in [7, 11) is 0. The van der Waals surface area contributed by atoms with E-state index in [2.05, 4.69) is 34.6 Å². The van der Waals surface area contributed by atoms with Gasteiger partial charge in [0.1, 0.15) is 5.60 Å². The van der Waals surface area contributed by atoms with Crippen LogP contribution in [-0.2, 0) is 17.6 Å². The van der Waals surface area contributed by atoms with Crippen LogP contribution in [-0.4, -0.2) is 22.7 Å². The molecule has 1 amide bonds. The highest BCUT2D eigenvalue weighted by molar-refractivity contribution is 5.68. The molecule has 1 saturated carbocycles. The summed E-state index contributed by atoms with van der Waals surface area (Å²) in [5.41, 5.74) is 4.54. The maximum atomic E-state index is 12.3. The summed E-state index contributed by atoms with van der Waals surface area (Å²) in [6.07, 6.45) is 5.92. The Bertz CT molecular complexity index is 826. The number of nitrogens with one attached hydrogen (secondary N) is 1. The number of aromatic nitrogens is 1. The number of pyridine rings is 1. The molecular weight excluding hydrogens is 336 g/mol. The number of carbonyl (C=O) groups excluding carboxylic acids is 1. The SMILES string of the molecule is CC(C)(C)OC(=O)N[C@H]1C2CC[C@@H]1Cc1cc(-c3ccccn3)ccc1C2. The molecule has 2 bridgehead atoms. The van der Waals surface area contributed by atoms with E-state index in [0.29, 0.717) is 11.8 Å². The second-order valence-corrected chi connectivity index (χ2v) is 8.88. The van der Waals surface area contributed by atoms with E-state index in [1.165, 1.54) is 29.5 Å². The Morgan fingerprint density at radius 3 is 2.48 bits per heavy atom. The largest absolute Gasteiger partial charge is 0.444 e. The predicted octanol–water partition coefficient (Wildman–Crippen LogP) is 4.77. The van der Waals surface area contributed by atoms with Gasteiger partial charge in [-0.25, -0.2) is 4.79 Å². The normalized spacial score (nSPS) is 24.0. The molecule has 1 unspecified atom stereocenters. The van der Waals surface area contributed by atoms with Crippen LogP contribution in [0, 0.1) is 11.8 Å². The molecule has 3 atom stereocenters. The topological polar surface area (TPSA) is 51.2 Å². The van der Waals surface area contributed by atoms with Crippen LogP contribution >= 0.6 is 0 Å². The zero-order valence-corrected chi connectivity index (χ0v) is 16.4. The van der Waals surface area contributed by atoms with Crippen molar-refractivity contribution in [3.8, 4) is 11.3 Å². The molecule has 0 spiro atoms. The highest BCUT2D eigenvalue weighted by Crippen LogP contribution is 2.41. The van der Waals surface area contributed by atoms with E-state index in [-0.39, 0.29) is 12.1 Å². The molecule has 0 radical (unpaired) electrons. The van der Waals surface area contributed by atoms with Gasteiger partial charge in [0.2, 0.25) is 0 Å². The predicted molar refractivity (Wildman–Crippen MR) is 106 cm³/mol. The van der Waals surface area contributed by atoms with Gasteiger partial charge in [-0.2, -0.15) is 0 Å². The second-order valence-electron chi connectivity index (χ2n) is 8.88. The summed E-state index contributed by atoms with van der Waals surface area (Å²) in [6, 6.07) is 12.9. The van der Waals surface area contributed by atoms with Gasteiger partial charge >= 0.3 is 6.09 Å². The monoisotopic (exact) mass is 364 g/mol. The van der Waals surface area contributed by atoms with Crippen molar-refractivity contribution in [3.05, 3.63) is 53.7 Å². The highest BCUT2D eigenvalue weighted by atomic mass is 16.6. The van der Waals surface area contributed by atoms with E-state index in [1.807, 2.05) is 39.1 Å². The van der Waals surface area contributed by atoms with Crippen LogP contribution < -0.4 is 5.32 Å². The molecule has 142 valence electrons. The molecule has 2 aliphatic carbocycles. The van der Waals surface area contributed by atoms with Crippen LogP contribution in [0.5, 0.6) is 0 Å². The zero-order chi connectivity index (χ0) is 19.0. The number of benzene rings is 1. The third kappa shape index (κ3) is 4.00. The van der Waals surface area contributed by atoms with Crippen molar-refractivity contribution in [2.24, 2.45) is 11.8 Å². The van der Waals surface area contributed by atoms with Crippen molar-refractivity contribution in [2.75, 3.05) is 0 Å². The zero-order valence-electron chi connectivity index (χ0n) is 16.4. The first-order valence-corrected chi connectivity index (χ1v) is 9.92. The fourth-order valence-corrected chi connectivity index (χ4v) is 4.58. The van der Waals surface area contributed by atoms with Crippen LogP contribution in [0.3, 0.4) is 0 Å².